The zero-order valence-electron chi connectivity index (χ0n) is 21.9. The number of anilines is 1. The summed E-state index contributed by atoms with van der Waals surface area (Å²) in [5.74, 6) is 0.414. The third-order valence-corrected chi connectivity index (χ3v) is 7.65. The predicted molar refractivity (Wildman–Crippen MR) is 159 cm³/mol. The molecule has 0 spiro atoms. The zero-order valence-corrected chi connectivity index (χ0v) is 23.4. The van der Waals surface area contributed by atoms with Crippen molar-refractivity contribution in [3.05, 3.63) is 112 Å². The fraction of sp³-hybridized carbons (Fsp3) is 0.226. The van der Waals surface area contributed by atoms with Gasteiger partial charge in [0.05, 0.1) is 21.3 Å². The summed E-state index contributed by atoms with van der Waals surface area (Å²) in [5, 5.41) is 9.77. The van der Waals surface area contributed by atoms with Crippen LogP contribution in [-0.2, 0) is 11.2 Å². The van der Waals surface area contributed by atoms with Gasteiger partial charge in [0, 0.05) is 38.3 Å². The van der Waals surface area contributed by atoms with Crippen molar-refractivity contribution in [2.75, 3.05) is 44.2 Å². The van der Waals surface area contributed by atoms with Crippen LogP contribution in [-0.4, -0.2) is 71.1 Å². The van der Waals surface area contributed by atoms with Crippen molar-refractivity contribution in [3.63, 3.8) is 0 Å². The van der Waals surface area contributed by atoms with E-state index in [-0.39, 0.29) is 18.4 Å². The van der Waals surface area contributed by atoms with Crippen molar-refractivity contribution in [1.82, 2.24) is 20.0 Å². The molecule has 3 aromatic carbocycles. The average molecular weight is 575 g/mol. The fourth-order valence-electron chi connectivity index (χ4n) is 4.72. The highest BCUT2D eigenvalue weighted by molar-refractivity contribution is 6.34. The van der Waals surface area contributed by atoms with Crippen LogP contribution in [0.15, 0.2) is 91.0 Å². The molecule has 0 unspecified atom stereocenters. The molecule has 0 atom stereocenters. The Bertz CT molecular complexity index is 1460. The van der Waals surface area contributed by atoms with E-state index in [1.54, 1.807) is 34.1 Å². The minimum Gasteiger partial charge on any atom is -0.352 e. The Hall–Kier alpha value is -3.94. The Labute approximate surface area is 243 Å². The number of carbonyl (C=O) groups excluding carboxylic acids is 2. The average Bonchev–Trinajstić information content (AvgIpc) is 3.00. The van der Waals surface area contributed by atoms with Crippen molar-refractivity contribution in [2.24, 2.45) is 0 Å². The van der Waals surface area contributed by atoms with Crippen LogP contribution in [0.3, 0.4) is 0 Å². The van der Waals surface area contributed by atoms with E-state index < -0.39 is 0 Å². The summed E-state index contributed by atoms with van der Waals surface area (Å²) in [5.41, 5.74) is 3.04. The molecule has 0 bridgehead atoms. The highest BCUT2D eigenvalue weighted by atomic mass is 35.5. The third-order valence-electron chi connectivity index (χ3n) is 6.99. The van der Waals surface area contributed by atoms with Gasteiger partial charge in [-0.1, -0.05) is 83.9 Å². The minimum atomic E-state index is -0.248. The molecule has 1 aromatic heterocycles. The van der Waals surface area contributed by atoms with Crippen LogP contribution in [0.2, 0.25) is 10.0 Å². The number of piperazine rings is 1. The smallest absolute Gasteiger partial charge is 0.255 e. The lowest BCUT2D eigenvalue weighted by Crippen LogP contribution is -2.52. The fourth-order valence-corrected chi connectivity index (χ4v) is 5.17. The highest BCUT2D eigenvalue weighted by Crippen LogP contribution is 2.26. The maximum absolute atomic E-state index is 13.4. The van der Waals surface area contributed by atoms with Crippen molar-refractivity contribution in [2.45, 2.75) is 6.42 Å². The quantitative estimate of drug-likeness (QED) is 0.279. The molecular weight excluding hydrogens is 545 g/mol. The number of aromatic nitrogens is 2. The van der Waals surface area contributed by atoms with E-state index in [0.29, 0.717) is 60.4 Å². The third kappa shape index (κ3) is 6.61. The van der Waals surface area contributed by atoms with Crippen LogP contribution in [0.1, 0.15) is 15.9 Å². The normalized spacial score (nSPS) is 13.2. The van der Waals surface area contributed by atoms with Crippen LogP contribution in [0, 0.1) is 0 Å². The summed E-state index contributed by atoms with van der Waals surface area (Å²) in [6, 6.07) is 28.2. The largest absolute Gasteiger partial charge is 0.352 e. The predicted octanol–water partition coefficient (Wildman–Crippen LogP) is 5.48. The second kappa shape index (κ2) is 12.9. The Kier molecular flexibility index (Phi) is 8.94. The van der Waals surface area contributed by atoms with Gasteiger partial charge in [-0.25, -0.2) is 0 Å². The number of halogens is 2. The van der Waals surface area contributed by atoms with Gasteiger partial charge in [-0.15, -0.1) is 10.2 Å². The van der Waals surface area contributed by atoms with Crippen LogP contribution < -0.4 is 4.90 Å². The van der Waals surface area contributed by atoms with Gasteiger partial charge in [0.2, 0.25) is 5.91 Å². The van der Waals surface area contributed by atoms with Crippen molar-refractivity contribution >= 4 is 40.8 Å². The number of carbonyl (C=O) groups is 2. The summed E-state index contributed by atoms with van der Waals surface area (Å²) in [6.07, 6.45) is 0.640. The number of amides is 2. The van der Waals surface area contributed by atoms with Gasteiger partial charge in [-0.2, -0.15) is 0 Å². The second-order valence-electron chi connectivity index (χ2n) is 9.57. The number of hydrogen-bond acceptors (Lipinski definition) is 5. The molecule has 1 aliphatic rings. The highest BCUT2D eigenvalue weighted by Gasteiger charge is 2.26. The molecule has 1 saturated heterocycles. The van der Waals surface area contributed by atoms with Gasteiger partial charge in [0.25, 0.3) is 5.91 Å². The molecule has 1 fully saturated rings. The lowest BCUT2D eigenvalue weighted by molar-refractivity contribution is -0.132. The molecule has 204 valence electrons. The first kappa shape index (κ1) is 27.6. The molecule has 5 rings (SSSR count). The Balaban J connectivity index is 1.22. The lowest BCUT2D eigenvalue weighted by atomic mass is 10.1. The molecule has 0 saturated carbocycles. The van der Waals surface area contributed by atoms with Gasteiger partial charge in [-0.05, 0) is 42.3 Å². The molecule has 40 heavy (non-hydrogen) atoms. The van der Waals surface area contributed by atoms with Gasteiger partial charge in [0.15, 0.2) is 5.82 Å². The van der Waals surface area contributed by atoms with Crippen LogP contribution in [0.5, 0.6) is 0 Å². The molecular formula is C31H29Cl2N5O2. The Morgan fingerprint density at radius 1 is 0.750 bits per heavy atom. The maximum atomic E-state index is 13.4. The lowest BCUT2D eigenvalue weighted by Gasteiger charge is -2.36. The molecule has 2 heterocycles. The zero-order chi connectivity index (χ0) is 27.9. The molecule has 0 aliphatic carbocycles. The Morgan fingerprint density at radius 3 is 2.10 bits per heavy atom. The first-order valence-electron chi connectivity index (χ1n) is 13.2. The number of nitrogens with zero attached hydrogens (tertiary/aromatic N) is 5. The first-order chi connectivity index (χ1) is 19.5. The van der Waals surface area contributed by atoms with Gasteiger partial charge in [0.1, 0.15) is 6.54 Å². The van der Waals surface area contributed by atoms with E-state index in [0.717, 1.165) is 16.9 Å². The van der Waals surface area contributed by atoms with Gasteiger partial charge < -0.3 is 14.7 Å². The van der Waals surface area contributed by atoms with Crippen LogP contribution in [0.25, 0.3) is 11.3 Å². The number of rotatable bonds is 8. The Morgan fingerprint density at radius 2 is 1.43 bits per heavy atom. The second-order valence-corrected chi connectivity index (χ2v) is 10.4. The minimum absolute atomic E-state index is 0.0107. The number of benzene rings is 3. The first-order valence-corrected chi connectivity index (χ1v) is 13.9. The standard InChI is InChI=1S/C31H29Cl2N5O2/c32-26-12-6-4-10-24(26)28-14-15-29(35-34-28)36-18-20-37(21-19-36)30(39)22-38(17-16-23-8-2-1-3-9-23)31(40)25-11-5-7-13-27(25)33/h1-15H,16-22H2. The van der Waals surface area contributed by atoms with E-state index in [4.69, 9.17) is 23.2 Å². The van der Waals surface area contributed by atoms with E-state index in [1.807, 2.05) is 66.7 Å². The molecule has 9 heteroatoms. The number of hydrogen-bond donors (Lipinski definition) is 0. The molecule has 4 aromatic rings. The summed E-state index contributed by atoms with van der Waals surface area (Å²) in [6.45, 7) is 2.69. The van der Waals surface area contributed by atoms with E-state index >= 15 is 0 Å². The van der Waals surface area contributed by atoms with Crippen LogP contribution >= 0.6 is 23.2 Å². The van der Waals surface area contributed by atoms with Crippen molar-refractivity contribution < 1.29 is 9.59 Å². The summed E-state index contributed by atoms with van der Waals surface area (Å²) in [7, 11) is 0. The monoisotopic (exact) mass is 573 g/mol. The van der Waals surface area contributed by atoms with Crippen molar-refractivity contribution in [3.8, 4) is 11.3 Å². The van der Waals surface area contributed by atoms with Gasteiger partial charge in [-0.3, -0.25) is 9.59 Å². The van der Waals surface area contributed by atoms with Crippen molar-refractivity contribution in [1.29, 1.82) is 0 Å². The van der Waals surface area contributed by atoms with E-state index in [1.165, 1.54) is 0 Å². The van der Waals surface area contributed by atoms with E-state index in [2.05, 4.69) is 15.1 Å². The molecule has 0 N–H and O–H groups in total. The summed E-state index contributed by atoms with van der Waals surface area (Å²) < 4.78 is 0. The molecule has 7 nitrogen and oxygen atoms in total. The van der Waals surface area contributed by atoms with E-state index in [9.17, 15) is 9.59 Å². The molecule has 1 aliphatic heterocycles. The van der Waals surface area contributed by atoms with Gasteiger partial charge >= 0.3 is 0 Å². The molecule has 0 radical (unpaired) electrons. The maximum Gasteiger partial charge on any atom is 0.255 e. The summed E-state index contributed by atoms with van der Waals surface area (Å²) >= 11 is 12.6. The molecule has 2 amide bonds. The summed E-state index contributed by atoms with van der Waals surface area (Å²) in [4.78, 5) is 32.3. The SMILES string of the molecule is O=C(CN(CCc1ccccc1)C(=O)c1ccccc1Cl)N1CCN(c2ccc(-c3ccccc3Cl)nn2)CC1. The topological polar surface area (TPSA) is 69.6 Å². The van der Waals surface area contributed by atoms with Crippen LogP contribution in [0.4, 0.5) is 5.82 Å².